The Bertz CT molecular complexity index is 343. The van der Waals surface area contributed by atoms with E-state index in [0.717, 1.165) is 19.6 Å². The molecule has 2 nitrogen and oxygen atoms in total. The Morgan fingerprint density at radius 3 is 2.69 bits per heavy atom. The third-order valence-electron chi connectivity index (χ3n) is 3.04. The fourth-order valence-electron chi connectivity index (χ4n) is 2.13. The van der Waals surface area contributed by atoms with Crippen molar-refractivity contribution in [2.24, 2.45) is 0 Å². The summed E-state index contributed by atoms with van der Waals surface area (Å²) in [5, 5.41) is 3.22. The third kappa shape index (κ3) is 3.19. The molecule has 1 heterocycles. The minimum absolute atomic E-state index is 1.04. The van der Waals surface area contributed by atoms with Gasteiger partial charge in [0, 0.05) is 26.2 Å². The second-order valence-corrected chi connectivity index (χ2v) is 4.36. The first-order valence-electron chi connectivity index (χ1n) is 5.97. The highest BCUT2D eigenvalue weighted by atomic mass is 15.1. The van der Waals surface area contributed by atoms with Gasteiger partial charge in [0.05, 0.1) is 0 Å². The molecule has 0 aromatic heterocycles. The highest BCUT2D eigenvalue weighted by Crippen LogP contribution is 2.12. The molecule has 0 aliphatic carbocycles. The Morgan fingerprint density at radius 1 is 1.25 bits per heavy atom. The summed E-state index contributed by atoms with van der Waals surface area (Å²) in [5.74, 6) is 0. The van der Waals surface area contributed by atoms with Crippen molar-refractivity contribution in [3.63, 3.8) is 0 Å². The fraction of sp³-hybridized carbons (Fsp3) is 0.429. The van der Waals surface area contributed by atoms with Gasteiger partial charge in [-0.3, -0.25) is 4.90 Å². The molecule has 0 amide bonds. The van der Waals surface area contributed by atoms with Gasteiger partial charge in [-0.2, -0.15) is 0 Å². The van der Waals surface area contributed by atoms with Gasteiger partial charge in [-0.05, 0) is 19.0 Å². The number of hydrogen-bond donors (Lipinski definition) is 1. The van der Waals surface area contributed by atoms with E-state index in [-0.39, 0.29) is 0 Å². The number of benzene rings is 1. The van der Waals surface area contributed by atoms with E-state index in [1.165, 1.54) is 18.5 Å². The molecule has 0 fully saturated rings. The molecule has 16 heavy (non-hydrogen) atoms. The summed E-state index contributed by atoms with van der Waals surface area (Å²) in [7, 11) is 2.01. The Hall–Kier alpha value is -1.12. The monoisotopic (exact) mass is 216 g/mol. The molecule has 0 unspecified atom stereocenters. The van der Waals surface area contributed by atoms with E-state index < -0.39 is 0 Å². The smallest absolute Gasteiger partial charge is 0.0237 e. The third-order valence-corrected chi connectivity index (χ3v) is 3.04. The summed E-state index contributed by atoms with van der Waals surface area (Å²) in [4.78, 5) is 2.49. The summed E-state index contributed by atoms with van der Waals surface area (Å²) in [6, 6.07) is 10.7. The van der Waals surface area contributed by atoms with Crippen molar-refractivity contribution in [2.75, 3.05) is 26.7 Å². The molecule has 1 aliphatic heterocycles. The van der Waals surface area contributed by atoms with Crippen LogP contribution in [0.15, 0.2) is 42.0 Å². The van der Waals surface area contributed by atoms with Gasteiger partial charge in [-0.15, -0.1) is 0 Å². The minimum atomic E-state index is 1.04. The topological polar surface area (TPSA) is 15.3 Å². The van der Waals surface area contributed by atoms with Crippen molar-refractivity contribution in [1.29, 1.82) is 0 Å². The lowest BCUT2D eigenvalue weighted by atomic mass is 10.1. The number of nitrogens with zero attached hydrogens (tertiary/aromatic N) is 1. The summed E-state index contributed by atoms with van der Waals surface area (Å²) in [6.07, 6.45) is 3.57. The van der Waals surface area contributed by atoms with Gasteiger partial charge in [0.2, 0.25) is 0 Å². The van der Waals surface area contributed by atoms with Crippen LogP contribution < -0.4 is 5.32 Å². The minimum Gasteiger partial charge on any atom is -0.316 e. The lowest BCUT2D eigenvalue weighted by Gasteiger charge is -2.26. The van der Waals surface area contributed by atoms with Gasteiger partial charge in [0.25, 0.3) is 0 Å². The quantitative estimate of drug-likeness (QED) is 0.775. The first-order chi connectivity index (χ1) is 7.88. The molecule has 0 bridgehead atoms. The zero-order chi connectivity index (χ0) is 11.2. The van der Waals surface area contributed by atoms with Crippen molar-refractivity contribution in [2.45, 2.75) is 13.0 Å². The number of rotatable bonds is 4. The molecule has 2 rings (SSSR count). The normalized spacial score (nSPS) is 17.2. The van der Waals surface area contributed by atoms with Gasteiger partial charge >= 0.3 is 0 Å². The van der Waals surface area contributed by atoms with Crippen molar-refractivity contribution >= 4 is 0 Å². The lowest BCUT2D eigenvalue weighted by Crippen LogP contribution is -2.30. The van der Waals surface area contributed by atoms with Crippen molar-refractivity contribution in [3.05, 3.63) is 47.5 Å². The molecule has 0 saturated carbocycles. The molecule has 2 heteroatoms. The van der Waals surface area contributed by atoms with Gasteiger partial charge in [0.1, 0.15) is 0 Å². The van der Waals surface area contributed by atoms with E-state index in [2.05, 4.69) is 46.6 Å². The SMILES string of the molecule is CNCC1=CCN(Cc2ccccc2)CC1. The average molecular weight is 216 g/mol. The highest BCUT2D eigenvalue weighted by molar-refractivity contribution is 5.16. The molecule has 0 saturated heterocycles. The van der Waals surface area contributed by atoms with Crippen LogP contribution in [0.3, 0.4) is 0 Å². The van der Waals surface area contributed by atoms with Gasteiger partial charge in [-0.25, -0.2) is 0 Å². The van der Waals surface area contributed by atoms with E-state index in [0.29, 0.717) is 0 Å². The Morgan fingerprint density at radius 2 is 2.06 bits per heavy atom. The van der Waals surface area contributed by atoms with Crippen LogP contribution in [0.5, 0.6) is 0 Å². The molecule has 1 aromatic carbocycles. The molecule has 0 atom stereocenters. The van der Waals surface area contributed by atoms with E-state index in [4.69, 9.17) is 0 Å². The van der Waals surface area contributed by atoms with Crippen molar-refractivity contribution < 1.29 is 0 Å². The average Bonchev–Trinajstić information content (AvgIpc) is 2.33. The first-order valence-corrected chi connectivity index (χ1v) is 5.97. The molecule has 86 valence electrons. The van der Waals surface area contributed by atoms with Crippen LogP contribution in [0.1, 0.15) is 12.0 Å². The van der Waals surface area contributed by atoms with Gasteiger partial charge in [-0.1, -0.05) is 42.0 Å². The molecule has 1 aliphatic rings. The number of nitrogens with one attached hydrogen (secondary N) is 1. The standard InChI is InChI=1S/C14H20N2/c1-15-11-13-7-9-16(10-8-13)12-14-5-3-2-4-6-14/h2-7,15H,8-12H2,1H3. The second kappa shape index (κ2) is 5.83. The van der Waals surface area contributed by atoms with Crippen molar-refractivity contribution in [3.8, 4) is 0 Å². The van der Waals surface area contributed by atoms with E-state index in [1.54, 1.807) is 5.57 Å². The molecular weight excluding hydrogens is 196 g/mol. The maximum atomic E-state index is 3.22. The Balaban J connectivity index is 1.86. The highest BCUT2D eigenvalue weighted by Gasteiger charge is 2.10. The summed E-state index contributed by atoms with van der Waals surface area (Å²) in [6.45, 7) is 4.39. The fourth-order valence-corrected chi connectivity index (χ4v) is 2.13. The van der Waals surface area contributed by atoms with Crippen molar-refractivity contribution in [1.82, 2.24) is 10.2 Å². The largest absolute Gasteiger partial charge is 0.316 e. The molecule has 0 radical (unpaired) electrons. The molecule has 0 spiro atoms. The van der Waals surface area contributed by atoms with Crippen LogP contribution in [-0.4, -0.2) is 31.6 Å². The van der Waals surface area contributed by atoms with Crippen LogP contribution in [0.4, 0.5) is 0 Å². The second-order valence-electron chi connectivity index (χ2n) is 4.36. The van der Waals surface area contributed by atoms with Crippen LogP contribution in [0.2, 0.25) is 0 Å². The van der Waals surface area contributed by atoms with Crippen LogP contribution in [-0.2, 0) is 6.54 Å². The molecule has 1 aromatic rings. The van der Waals surface area contributed by atoms with Gasteiger partial charge < -0.3 is 5.32 Å². The van der Waals surface area contributed by atoms with E-state index in [1.807, 2.05) is 7.05 Å². The predicted molar refractivity (Wildman–Crippen MR) is 68.3 cm³/mol. The van der Waals surface area contributed by atoms with Gasteiger partial charge in [0.15, 0.2) is 0 Å². The Kier molecular flexibility index (Phi) is 4.14. The lowest BCUT2D eigenvalue weighted by molar-refractivity contribution is 0.284. The van der Waals surface area contributed by atoms with E-state index in [9.17, 15) is 0 Å². The number of likely N-dealkylation sites (N-methyl/N-ethyl adjacent to an activating group) is 1. The zero-order valence-corrected chi connectivity index (χ0v) is 9.95. The Labute approximate surface area is 98.0 Å². The van der Waals surface area contributed by atoms with E-state index >= 15 is 0 Å². The van der Waals surface area contributed by atoms with Crippen LogP contribution in [0, 0.1) is 0 Å². The maximum absolute atomic E-state index is 3.22. The van der Waals surface area contributed by atoms with Crippen LogP contribution >= 0.6 is 0 Å². The summed E-state index contributed by atoms with van der Waals surface area (Å²) < 4.78 is 0. The number of hydrogen-bond acceptors (Lipinski definition) is 2. The molecular formula is C14H20N2. The summed E-state index contributed by atoms with van der Waals surface area (Å²) in [5.41, 5.74) is 2.96. The molecule has 1 N–H and O–H groups in total. The van der Waals surface area contributed by atoms with Crippen LogP contribution in [0.25, 0.3) is 0 Å². The predicted octanol–water partition coefficient (Wildman–Crippen LogP) is 2.04. The maximum Gasteiger partial charge on any atom is 0.0237 e. The first kappa shape index (κ1) is 11.4. The summed E-state index contributed by atoms with van der Waals surface area (Å²) >= 11 is 0. The zero-order valence-electron chi connectivity index (χ0n) is 9.95.